The molecule has 0 unspecified atom stereocenters. The van der Waals surface area contributed by atoms with Crippen molar-refractivity contribution in [3.63, 3.8) is 0 Å². The zero-order chi connectivity index (χ0) is 29.1. The number of halogens is 3. The van der Waals surface area contributed by atoms with Gasteiger partial charge in [0.1, 0.15) is 22.7 Å². The molecule has 2 aliphatic rings. The number of amides is 2. The molecule has 1 aliphatic heterocycles. The zero-order valence-corrected chi connectivity index (χ0v) is 21.9. The summed E-state index contributed by atoms with van der Waals surface area (Å²) in [6, 6.07) is 5.73. The largest absolute Gasteiger partial charge is 0.573 e. The van der Waals surface area contributed by atoms with Crippen molar-refractivity contribution in [3.8, 4) is 22.8 Å². The van der Waals surface area contributed by atoms with E-state index < -0.39 is 23.9 Å². The lowest BCUT2D eigenvalue weighted by molar-refractivity contribution is -0.274. The number of rotatable bonds is 7. The lowest BCUT2D eigenvalue weighted by Crippen LogP contribution is -2.34. The third-order valence-electron chi connectivity index (χ3n) is 7.30. The van der Waals surface area contributed by atoms with Crippen LogP contribution >= 0.6 is 0 Å². The average molecular weight is 568 g/mol. The van der Waals surface area contributed by atoms with Crippen LogP contribution < -0.4 is 20.5 Å². The number of benzene rings is 1. The SMILES string of the molecule is COc1ccncc1NC(=O)c1c(N)nn2ccc(-c3cc4c(c(OC(F)(F)F)c3)C(=O)N([C@@H](C)C3CC3)C4)nc12. The first-order valence-corrected chi connectivity index (χ1v) is 12.7. The topological polar surface area (TPSA) is 137 Å². The molecule has 2 amide bonds. The normalized spacial score (nSPS) is 15.6. The quantitative estimate of drug-likeness (QED) is 0.338. The van der Waals surface area contributed by atoms with Crippen LogP contribution in [0.15, 0.2) is 42.9 Å². The van der Waals surface area contributed by atoms with Crippen LogP contribution in [0.3, 0.4) is 0 Å². The van der Waals surface area contributed by atoms with Crippen LogP contribution in [-0.2, 0) is 6.54 Å². The van der Waals surface area contributed by atoms with Crippen molar-refractivity contribution in [1.82, 2.24) is 24.5 Å². The zero-order valence-electron chi connectivity index (χ0n) is 21.9. The molecule has 6 rings (SSSR count). The summed E-state index contributed by atoms with van der Waals surface area (Å²) in [6.45, 7) is 2.05. The van der Waals surface area contributed by atoms with Gasteiger partial charge in [-0.2, -0.15) is 0 Å². The van der Waals surface area contributed by atoms with E-state index in [4.69, 9.17) is 10.5 Å². The van der Waals surface area contributed by atoms with Gasteiger partial charge in [-0.1, -0.05) is 0 Å². The number of aromatic nitrogens is 4. The first-order chi connectivity index (χ1) is 19.5. The highest BCUT2D eigenvalue weighted by atomic mass is 19.4. The minimum atomic E-state index is -5.02. The van der Waals surface area contributed by atoms with Gasteiger partial charge in [-0.25, -0.2) is 9.50 Å². The average Bonchev–Trinajstić information content (AvgIpc) is 3.64. The number of carbonyl (C=O) groups excluding carboxylic acids is 2. The first-order valence-electron chi connectivity index (χ1n) is 12.7. The summed E-state index contributed by atoms with van der Waals surface area (Å²) in [5.74, 6) is -1.16. The van der Waals surface area contributed by atoms with Gasteiger partial charge < -0.3 is 25.4 Å². The number of pyridine rings is 1. The molecule has 0 radical (unpaired) electrons. The number of nitrogen functional groups attached to an aromatic ring is 1. The van der Waals surface area contributed by atoms with Crippen molar-refractivity contribution in [1.29, 1.82) is 0 Å². The van der Waals surface area contributed by atoms with Gasteiger partial charge in [-0.05, 0) is 49.4 Å². The lowest BCUT2D eigenvalue weighted by atomic mass is 10.0. The Balaban J connectivity index is 1.41. The van der Waals surface area contributed by atoms with E-state index in [9.17, 15) is 22.8 Å². The monoisotopic (exact) mass is 567 g/mol. The van der Waals surface area contributed by atoms with Crippen LogP contribution in [0.25, 0.3) is 16.9 Å². The van der Waals surface area contributed by atoms with E-state index in [1.165, 1.54) is 36.3 Å². The number of hydrogen-bond donors (Lipinski definition) is 2. The summed E-state index contributed by atoms with van der Waals surface area (Å²) < 4.78 is 51.1. The summed E-state index contributed by atoms with van der Waals surface area (Å²) in [5.41, 5.74) is 7.14. The van der Waals surface area contributed by atoms with Crippen molar-refractivity contribution in [2.45, 2.75) is 38.7 Å². The van der Waals surface area contributed by atoms with Crippen molar-refractivity contribution in [2.24, 2.45) is 5.92 Å². The molecule has 0 spiro atoms. The van der Waals surface area contributed by atoms with E-state index in [1.807, 2.05) is 6.92 Å². The van der Waals surface area contributed by atoms with Gasteiger partial charge >= 0.3 is 6.36 Å². The van der Waals surface area contributed by atoms with Crippen LogP contribution in [0.5, 0.6) is 11.5 Å². The van der Waals surface area contributed by atoms with Crippen LogP contribution in [0.1, 0.15) is 46.0 Å². The second kappa shape index (κ2) is 9.64. The summed E-state index contributed by atoms with van der Waals surface area (Å²) in [7, 11) is 1.44. The molecule has 1 fully saturated rings. The van der Waals surface area contributed by atoms with E-state index >= 15 is 0 Å². The Morgan fingerprint density at radius 3 is 2.71 bits per heavy atom. The van der Waals surface area contributed by atoms with Gasteiger partial charge in [0.05, 0.1) is 24.6 Å². The van der Waals surface area contributed by atoms with Crippen molar-refractivity contribution < 1.29 is 32.2 Å². The van der Waals surface area contributed by atoms with Crippen molar-refractivity contribution >= 4 is 29.0 Å². The van der Waals surface area contributed by atoms with E-state index in [2.05, 4.69) is 25.1 Å². The molecule has 11 nitrogen and oxygen atoms in total. The molecule has 41 heavy (non-hydrogen) atoms. The number of nitrogens with one attached hydrogen (secondary N) is 1. The molecular weight excluding hydrogens is 543 g/mol. The number of alkyl halides is 3. The molecule has 1 saturated carbocycles. The minimum Gasteiger partial charge on any atom is -0.494 e. The smallest absolute Gasteiger partial charge is 0.494 e. The second-order valence-corrected chi connectivity index (χ2v) is 9.94. The summed E-state index contributed by atoms with van der Waals surface area (Å²) in [5, 5.41) is 6.81. The molecule has 4 heterocycles. The highest BCUT2D eigenvalue weighted by Gasteiger charge is 2.42. The Morgan fingerprint density at radius 2 is 2.00 bits per heavy atom. The predicted octanol–water partition coefficient (Wildman–Crippen LogP) is 4.29. The molecule has 0 bridgehead atoms. The van der Waals surface area contributed by atoms with E-state index in [0.717, 1.165) is 18.9 Å². The Kier molecular flexibility index (Phi) is 6.20. The number of methoxy groups -OCH3 is 1. The highest BCUT2D eigenvalue weighted by Crippen LogP contribution is 2.42. The Morgan fingerprint density at radius 1 is 1.22 bits per heavy atom. The number of carbonyl (C=O) groups is 2. The maximum atomic E-state index is 13.4. The van der Waals surface area contributed by atoms with Crippen LogP contribution in [0, 0.1) is 5.92 Å². The van der Waals surface area contributed by atoms with Crippen molar-refractivity contribution in [2.75, 3.05) is 18.2 Å². The fraction of sp³-hybridized carbons (Fsp3) is 0.296. The number of hydrogen-bond acceptors (Lipinski definition) is 8. The highest BCUT2D eigenvalue weighted by molar-refractivity contribution is 6.12. The number of anilines is 2. The van der Waals surface area contributed by atoms with E-state index in [-0.39, 0.29) is 52.1 Å². The molecule has 1 atom stereocenters. The summed E-state index contributed by atoms with van der Waals surface area (Å²) >= 11 is 0. The fourth-order valence-electron chi connectivity index (χ4n) is 5.12. The first kappa shape index (κ1) is 26.3. The van der Waals surface area contributed by atoms with E-state index in [1.54, 1.807) is 17.0 Å². The van der Waals surface area contributed by atoms with Crippen LogP contribution in [0.4, 0.5) is 24.7 Å². The van der Waals surface area contributed by atoms with Gasteiger partial charge in [0, 0.05) is 36.6 Å². The van der Waals surface area contributed by atoms with Crippen molar-refractivity contribution in [3.05, 3.63) is 59.5 Å². The van der Waals surface area contributed by atoms with Crippen LogP contribution in [-0.4, -0.2) is 55.8 Å². The maximum absolute atomic E-state index is 13.4. The maximum Gasteiger partial charge on any atom is 0.573 e. The molecule has 0 saturated heterocycles. The fourth-order valence-corrected chi connectivity index (χ4v) is 5.12. The molecule has 1 aliphatic carbocycles. The molecule has 3 N–H and O–H groups in total. The standard InChI is InChI=1S/C27H24F3N7O4/c1-13(14-3-4-14)36-12-16-9-15(10-20(21(16)26(36)39)41-27(28,29)30)17-6-8-37-24(33-17)22(23(31)35-37)25(38)34-18-11-32-7-5-19(18)40-2/h5-11,13-14H,3-4,12H2,1-2H3,(H2,31,35)(H,34,38)/t13-/m0/s1. The Labute approximate surface area is 231 Å². The molecule has 3 aromatic heterocycles. The third kappa shape index (κ3) is 4.85. The number of fused-ring (bicyclic) bond motifs is 2. The molecule has 4 aromatic rings. The minimum absolute atomic E-state index is 0.0507. The molecule has 14 heteroatoms. The predicted molar refractivity (Wildman–Crippen MR) is 140 cm³/mol. The Bertz CT molecular complexity index is 1700. The van der Waals surface area contributed by atoms with Gasteiger partial charge in [0.25, 0.3) is 11.8 Å². The second-order valence-electron chi connectivity index (χ2n) is 9.94. The van der Waals surface area contributed by atoms with Crippen LogP contribution in [0.2, 0.25) is 0 Å². The molecule has 212 valence electrons. The number of nitrogens with two attached hydrogens (primary N) is 1. The number of ether oxygens (including phenoxy) is 2. The van der Waals surface area contributed by atoms with Gasteiger partial charge in [0.2, 0.25) is 0 Å². The van der Waals surface area contributed by atoms with Gasteiger partial charge in [-0.15, -0.1) is 18.3 Å². The molecular formula is C27H24F3N7O4. The van der Waals surface area contributed by atoms with Gasteiger partial charge in [0.15, 0.2) is 11.5 Å². The van der Waals surface area contributed by atoms with Gasteiger partial charge in [-0.3, -0.25) is 14.6 Å². The summed E-state index contributed by atoms with van der Waals surface area (Å²) in [4.78, 5) is 36.5. The molecule has 1 aromatic carbocycles. The number of nitrogens with zero attached hydrogens (tertiary/aromatic N) is 5. The lowest BCUT2D eigenvalue weighted by Gasteiger charge is -2.24. The summed E-state index contributed by atoms with van der Waals surface area (Å²) in [6.07, 6.45) is 1.32. The Hall–Kier alpha value is -4.88. The third-order valence-corrected chi connectivity index (χ3v) is 7.30. The van der Waals surface area contributed by atoms with E-state index in [0.29, 0.717) is 17.2 Å².